The first-order chi connectivity index (χ1) is 7.77. The summed E-state index contributed by atoms with van der Waals surface area (Å²) in [5.41, 5.74) is 0.425. The molecule has 2 aromatic rings. The van der Waals surface area contributed by atoms with Crippen LogP contribution in [0.2, 0.25) is 0 Å². The van der Waals surface area contributed by atoms with Gasteiger partial charge in [0, 0.05) is 20.1 Å². The zero-order chi connectivity index (χ0) is 11.5. The predicted octanol–water partition coefficient (Wildman–Crippen LogP) is -0.353. The van der Waals surface area contributed by atoms with Crippen molar-refractivity contribution in [1.29, 1.82) is 0 Å². The number of rotatable bonds is 4. The highest BCUT2D eigenvalue weighted by atomic mass is 16.5. The van der Waals surface area contributed by atoms with E-state index < -0.39 is 0 Å². The molecule has 0 fully saturated rings. The summed E-state index contributed by atoms with van der Waals surface area (Å²) in [5.74, 6) is 0. The highest BCUT2D eigenvalue weighted by molar-refractivity contribution is 5.68. The van der Waals surface area contributed by atoms with Gasteiger partial charge in [-0.1, -0.05) is 0 Å². The highest BCUT2D eigenvalue weighted by Gasteiger charge is 2.14. The molecule has 0 saturated carbocycles. The Kier molecular flexibility index (Phi) is 2.97. The summed E-state index contributed by atoms with van der Waals surface area (Å²) in [7, 11) is 1.53. The van der Waals surface area contributed by atoms with Gasteiger partial charge in [0.15, 0.2) is 11.2 Å². The van der Waals surface area contributed by atoms with E-state index in [0.29, 0.717) is 12.1 Å². The molecule has 86 valence electrons. The molecule has 1 unspecified atom stereocenters. The van der Waals surface area contributed by atoms with Crippen LogP contribution in [0, 0.1) is 0 Å². The number of aliphatic hydroxyl groups excluding tert-OH is 1. The van der Waals surface area contributed by atoms with E-state index in [1.165, 1.54) is 19.8 Å². The quantitative estimate of drug-likeness (QED) is 0.740. The molecule has 2 heterocycles. The molecule has 0 aliphatic carbocycles. The minimum atomic E-state index is -0.371. The Bertz CT molecular complexity index is 533. The normalized spacial score (nSPS) is 13.1. The highest BCUT2D eigenvalue weighted by Crippen LogP contribution is 2.16. The zero-order valence-corrected chi connectivity index (χ0v) is 8.75. The number of methoxy groups -OCH3 is 1. The van der Waals surface area contributed by atoms with Crippen LogP contribution in [-0.2, 0) is 4.74 Å². The van der Waals surface area contributed by atoms with Crippen molar-refractivity contribution in [3.05, 3.63) is 23.0 Å². The third-order valence-corrected chi connectivity index (χ3v) is 2.32. The van der Waals surface area contributed by atoms with E-state index in [2.05, 4.69) is 15.0 Å². The van der Waals surface area contributed by atoms with Crippen LogP contribution >= 0.6 is 0 Å². The number of aliphatic hydroxyl groups is 1. The Morgan fingerprint density at radius 3 is 3.12 bits per heavy atom. The summed E-state index contributed by atoms with van der Waals surface area (Å²) in [5, 5.41) is 8.89. The molecule has 1 atom stereocenters. The maximum absolute atomic E-state index is 11.4. The minimum absolute atomic E-state index is 0.0125. The number of nitrogens with one attached hydrogen (secondary N) is 1. The Hall–Kier alpha value is -1.73. The molecule has 0 aliphatic rings. The van der Waals surface area contributed by atoms with E-state index in [0.717, 1.165) is 0 Å². The lowest BCUT2D eigenvalue weighted by Crippen LogP contribution is -2.14. The van der Waals surface area contributed by atoms with Crippen molar-refractivity contribution in [3.8, 4) is 0 Å². The van der Waals surface area contributed by atoms with Crippen molar-refractivity contribution in [1.82, 2.24) is 19.5 Å². The van der Waals surface area contributed by atoms with Crippen molar-refractivity contribution in [3.63, 3.8) is 0 Å². The lowest BCUT2D eigenvalue weighted by molar-refractivity contribution is 0.0259. The number of aromatic nitrogens is 4. The van der Waals surface area contributed by atoms with Crippen molar-refractivity contribution in [2.24, 2.45) is 0 Å². The zero-order valence-electron chi connectivity index (χ0n) is 8.75. The van der Waals surface area contributed by atoms with Crippen LogP contribution in [0.1, 0.15) is 12.6 Å². The molecule has 2 N–H and O–H groups in total. The molecular weight excluding hydrogens is 212 g/mol. The van der Waals surface area contributed by atoms with E-state index in [4.69, 9.17) is 9.84 Å². The summed E-state index contributed by atoms with van der Waals surface area (Å²) in [4.78, 5) is 21.8. The Morgan fingerprint density at radius 2 is 2.44 bits per heavy atom. The number of hydrogen-bond donors (Lipinski definition) is 2. The van der Waals surface area contributed by atoms with Gasteiger partial charge in [-0.3, -0.25) is 9.36 Å². The first-order valence-corrected chi connectivity index (χ1v) is 4.81. The van der Waals surface area contributed by atoms with E-state index in [1.807, 2.05) is 0 Å². The van der Waals surface area contributed by atoms with E-state index >= 15 is 0 Å². The van der Waals surface area contributed by atoms with Crippen LogP contribution < -0.4 is 5.56 Å². The predicted molar refractivity (Wildman–Crippen MR) is 55.9 cm³/mol. The largest absolute Gasteiger partial charge is 0.396 e. The molecule has 0 saturated heterocycles. The van der Waals surface area contributed by atoms with Gasteiger partial charge in [-0.25, -0.2) is 9.97 Å². The molecule has 16 heavy (non-hydrogen) atoms. The summed E-state index contributed by atoms with van der Waals surface area (Å²) >= 11 is 0. The summed E-state index contributed by atoms with van der Waals surface area (Å²) in [6.07, 6.45) is 2.84. The van der Waals surface area contributed by atoms with Gasteiger partial charge in [0.25, 0.3) is 5.56 Å². The molecule has 0 aliphatic heterocycles. The van der Waals surface area contributed by atoms with Crippen molar-refractivity contribution in [2.75, 3.05) is 13.7 Å². The average Bonchev–Trinajstić information content (AvgIpc) is 2.71. The molecule has 2 aromatic heterocycles. The molecule has 0 spiro atoms. The Morgan fingerprint density at radius 1 is 1.62 bits per heavy atom. The van der Waals surface area contributed by atoms with E-state index in [9.17, 15) is 4.79 Å². The van der Waals surface area contributed by atoms with Gasteiger partial charge in [0.1, 0.15) is 6.23 Å². The summed E-state index contributed by atoms with van der Waals surface area (Å²) in [6, 6.07) is 0. The van der Waals surface area contributed by atoms with Gasteiger partial charge in [-0.05, 0) is 0 Å². The molecule has 7 heteroatoms. The van der Waals surface area contributed by atoms with Gasteiger partial charge in [0.05, 0.1) is 12.7 Å². The first-order valence-electron chi connectivity index (χ1n) is 4.81. The number of fused-ring (bicyclic) bond motifs is 1. The van der Waals surface area contributed by atoms with Crippen LogP contribution in [0.4, 0.5) is 0 Å². The minimum Gasteiger partial charge on any atom is -0.396 e. The molecule has 0 radical (unpaired) electrons. The van der Waals surface area contributed by atoms with Crippen molar-refractivity contribution < 1.29 is 9.84 Å². The molecule has 2 rings (SSSR count). The van der Waals surface area contributed by atoms with Crippen LogP contribution in [0.15, 0.2) is 17.4 Å². The fourth-order valence-electron chi connectivity index (χ4n) is 1.55. The standard InChI is InChI=1S/C9H12N4O3/c1-16-6(2-3-14)13-5-12-7-8(13)10-4-11-9(7)15/h4-6,14H,2-3H2,1H3,(H,10,11,15). The maximum Gasteiger partial charge on any atom is 0.278 e. The number of imidazole rings is 1. The van der Waals surface area contributed by atoms with Gasteiger partial charge in [-0.2, -0.15) is 0 Å². The molecule has 7 nitrogen and oxygen atoms in total. The lowest BCUT2D eigenvalue weighted by Gasteiger charge is -2.15. The number of hydrogen-bond acceptors (Lipinski definition) is 5. The Labute approximate surface area is 90.7 Å². The lowest BCUT2D eigenvalue weighted by atomic mass is 10.4. The topological polar surface area (TPSA) is 93.0 Å². The van der Waals surface area contributed by atoms with Crippen molar-refractivity contribution >= 4 is 11.2 Å². The van der Waals surface area contributed by atoms with E-state index in [-0.39, 0.29) is 23.9 Å². The average molecular weight is 224 g/mol. The summed E-state index contributed by atoms with van der Waals surface area (Å²) < 4.78 is 6.82. The fraction of sp³-hybridized carbons (Fsp3) is 0.444. The fourth-order valence-corrected chi connectivity index (χ4v) is 1.55. The number of aromatic amines is 1. The molecular formula is C9H12N4O3. The monoisotopic (exact) mass is 224 g/mol. The third kappa shape index (κ3) is 1.70. The molecule has 0 aromatic carbocycles. The van der Waals surface area contributed by atoms with Crippen LogP contribution in [0.5, 0.6) is 0 Å². The van der Waals surface area contributed by atoms with Gasteiger partial charge in [0.2, 0.25) is 0 Å². The Balaban J connectivity index is 2.52. The second-order valence-electron chi connectivity index (χ2n) is 3.26. The van der Waals surface area contributed by atoms with Gasteiger partial charge in [-0.15, -0.1) is 0 Å². The maximum atomic E-state index is 11.4. The number of nitrogens with zero attached hydrogens (tertiary/aromatic N) is 3. The summed E-state index contributed by atoms with van der Waals surface area (Å²) in [6.45, 7) is -0.0125. The van der Waals surface area contributed by atoms with Crippen LogP contribution in [0.25, 0.3) is 11.2 Å². The molecule has 0 bridgehead atoms. The second-order valence-corrected chi connectivity index (χ2v) is 3.26. The van der Waals surface area contributed by atoms with Crippen LogP contribution in [-0.4, -0.2) is 38.3 Å². The second kappa shape index (κ2) is 4.42. The third-order valence-electron chi connectivity index (χ3n) is 2.32. The smallest absolute Gasteiger partial charge is 0.278 e. The van der Waals surface area contributed by atoms with Gasteiger partial charge < -0.3 is 14.8 Å². The van der Waals surface area contributed by atoms with Crippen molar-refractivity contribution in [2.45, 2.75) is 12.6 Å². The van der Waals surface area contributed by atoms with E-state index in [1.54, 1.807) is 4.57 Å². The SMILES string of the molecule is COC(CCO)n1cnc2c(=O)[nH]cnc21. The van der Waals surface area contributed by atoms with Crippen LogP contribution in [0.3, 0.4) is 0 Å². The first kappa shape index (κ1) is 10.8. The number of H-pyrrole nitrogens is 1. The molecule has 0 amide bonds. The van der Waals surface area contributed by atoms with Gasteiger partial charge >= 0.3 is 0 Å². The number of ether oxygens (including phenoxy) is 1.